The first-order valence-electron chi connectivity index (χ1n) is 7.34. The molecular weight excluding hydrogens is 344 g/mol. The van der Waals surface area contributed by atoms with Gasteiger partial charge in [-0.2, -0.15) is 0 Å². The molecule has 0 bridgehead atoms. The summed E-state index contributed by atoms with van der Waals surface area (Å²) in [5.41, 5.74) is 2.02. The molecule has 9 heteroatoms. The van der Waals surface area contributed by atoms with E-state index >= 15 is 0 Å². The summed E-state index contributed by atoms with van der Waals surface area (Å²) < 4.78 is 1.59. The van der Waals surface area contributed by atoms with Gasteiger partial charge in [0.2, 0.25) is 11.1 Å². The van der Waals surface area contributed by atoms with Gasteiger partial charge in [0.15, 0.2) is 0 Å². The molecule has 0 saturated carbocycles. The zero-order valence-corrected chi connectivity index (χ0v) is 14.7. The number of thioether (sulfide) groups is 1. The SMILES string of the molecule is Cn1nnnc1SCCC(=O)NCc1nc(-c2ccccc2)cs1. The standard InChI is InChI=1S/C15H16N6OS2/c1-21-15(18-19-20-21)23-8-7-13(22)16-9-14-17-12(10-24-14)11-5-3-2-4-6-11/h2-6,10H,7-9H2,1H3,(H,16,22). The smallest absolute Gasteiger partial charge is 0.221 e. The van der Waals surface area contributed by atoms with Gasteiger partial charge in [-0.15, -0.1) is 16.4 Å². The van der Waals surface area contributed by atoms with Gasteiger partial charge in [-0.05, 0) is 10.4 Å². The molecule has 0 aliphatic heterocycles. The number of benzene rings is 1. The van der Waals surface area contributed by atoms with Crippen molar-refractivity contribution >= 4 is 29.0 Å². The van der Waals surface area contributed by atoms with Gasteiger partial charge in [0.05, 0.1) is 12.2 Å². The number of nitrogens with zero attached hydrogens (tertiary/aromatic N) is 5. The van der Waals surface area contributed by atoms with Crippen LogP contribution in [-0.4, -0.2) is 36.9 Å². The van der Waals surface area contributed by atoms with Gasteiger partial charge in [-0.1, -0.05) is 42.1 Å². The number of aryl methyl sites for hydroxylation is 1. The summed E-state index contributed by atoms with van der Waals surface area (Å²) in [6, 6.07) is 10.00. The fourth-order valence-corrected chi connectivity index (χ4v) is 3.51. The van der Waals surface area contributed by atoms with E-state index in [2.05, 4.69) is 25.8 Å². The first-order chi connectivity index (χ1) is 11.7. The Morgan fingerprint density at radius 1 is 1.33 bits per heavy atom. The van der Waals surface area contributed by atoms with E-state index in [1.165, 1.54) is 11.8 Å². The highest BCUT2D eigenvalue weighted by molar-refractivity contribution is 7.99. The lowest BCUT2D eigenvalue weighted by molar-refractivity contribution is -0.120. The van der Waals surface area contributed by atoms with E-state index in [1.807, 2.05) is 35.7 Å². The molecule has 2 aromatic heterocycles. The summed E-state index contributed by atoms with van der Waals surface area (Å²) in [5.74, 6) is 0.627. The number of tetrazole rings is 1. The molecule has 0 aliphatic rings. The maximum absolute atomic E-state index is 11.9. The second-order valence-electron chi connectivity index (χ2n) is 4.95. The van der Waals surface area contributed by atoms with Crippen molar-refractivity contribution in [2.24, 2.45) is 7.05 Å². The third-order valence-corrected chi connectivity index (χ3v) is 5.06. The van der Waals surface area contributed by atoms with Gasteiger partial charge in [0, 0.05) is 30.2 Å². The number of thiazole rings is 1. The first kappa shape index (κ1) is 16.6. The Morgan fingerprint density at radius 2 is 2.17 bits per heavy atom. The zero-order chi connectivity index (χ0) is 16.8. The highest BCUT2D eigenvalue weighted by Crippen LogP contribution is 2.21. The summed E-state index contributed by atoms with van der Waals surface area (Å²) in [4.78, 5) is 16.5. The van der Waals surface area contributed by atoms with E-state index < -0.39 is 0 Å². The minimum Gasteiger partial charge on any atom is -0.350 e. The second kappa shape index (κ2) is 8.02. The monoisotopic (exact) mass is 360 g/mol. The molecule has 124 valence electrons. The van der Waals surface area contributed by atoms with Crippen LogP contribution in [0.4, 0.5) is 0 Å². The number of amides is 1. The van der Waals surface area contributed by atoms with Crippen LogP contribution in [-0.2, 0) is 18.4 Å². The average molecular weight is 360 g/mol. The summed E-state index contributed by atoms with van der Waals surface area (Å²) >= 11 is 3.01. The first-order valence-corrected chi connectivity index (χ1v) is 9.20. The molecule has 0 atom stereocenters. The Hall–Kier alpha value is -2.26. The average Bonchev–Trinajstić information content (AvgIpc) is 3.23. The Kier molecular flexibility index (Phi) is 5.55. The summed E-state index contributed by atoms with van der Waals surface area (Å²) in [6.45, 7) is 0.451. The highest BCUT2D eigenvalue weighted by atomic mass is 32.2. The van der Waals surface area contributed by atoms with E-state index in [0.717, 1.165) is 16.3 Å². The molecule has 1 N–H and O–H groups in total. The lowest BCUT2D eigenvalue weighted by atomic mass is 10.2. The molecular formula is C15H16N6OS2. The molecule has 2 heterocycles. The molecule has 1 aromatic carbocycles. The van der Waals surface area contributed by atoms with Crippen LogP contribution in [0.5, 0.6) is 0 Å². The summed E-state index contributed by atoms with van der Waals surface area (Å²) in [6.07, 6.45) is 0.411. The quantitative estimate of drug-likeness (QED) is 0.650. The number of aromatic nitrogens is 5. The maximum Gasteiger partial charge on any atom is 0.221 e. The van der Waals surface area contributed by atoms with E-state index in [9.17, 15) is 4.79 Å². The van der Waals surface area contributed by atoms with Gasteiger partial charge < -0.3 is 5.32 Å². The fraction of sp³-hybridized carbons (Fsp3) is 0.267. The Morgan fingerprint density at radius 3 is 2.92 bits per heavy atom. The van der Waals surface area contributed by atoms with E-state index in [-0.39, 0.29) is 5.91 Å². The molecule has 1 amide bonds. The molecule has 3 rings (SSSR count). The fourth-order valence-electron chi connectivity index (χ4n) is 1.97. The number of hydrogen-bond donors (Lipinski definition) is 1. The van der Waals surface area contributed by atoms with Crippen LogP contribution in [0.3, 0.4) is 0 Å². The van der Waals surface area contributed by atoms with Crippen LogP contribution >= 0.6 is 23.1 Å². The van der Waals surface area contributed by atoms with Crippen molar-refractivity contribution in [2.75, 3.05) is 5.75 Å². The molecule has 0 fully saturated rings. The van der Waals surface area contributed by atoms with Gasteiger partial charge >= 0.3 is 0 Å². The third-order valence-electron chi connectivity index (χ3n) is 3.20. The Labute approximate surface area is 147 Å². The van der Waals surface area contributed by atoms with E-state index in [0.29, 0.717) is 23.9 Å². The minimum absolute atomic E-state index is 0.00547. The molecule has 0 unspecified atom stereocenters. The molecule has 0 saturated heterocycles. The minimum atomic E-state index is -0.00547. The van der Waals surface area contributed by atoms with Crippen LogP contribution in [0.2, 0.25) is 0 Å². The van der Waals surface area contributed by atoms with Crippen LogP contribution in [0.1, 0.15) is 11.4 Å². The van der Waals surface area contributed by atoms with Crippen molar-refractivity contribution in [3.05, 3.63) is 40.7 Å². The Balaban J connectivity index is 1.43. The lowest BCUT2D eigenvalue weighted by Gasteiger charge is -2.02. The number of hydrogen-bond acceptors (Lipinski definition) is 7. The van der Waals surface area contributed by atoms with Crippen molar-refractivity contribution in [3.8, 4) is 11.3 Å². The van der Waals surface area contributed by atoms with Gasteiger partial charge in [0.1, 0.15) is 5.01 Å². The van der Waals surface area contributed by atoms with Crippen LogP contribution in [0.25, 0.3) is 11.3 Å². The number of carbonyl (C=O) groups is 1. The molecule has 0 radical (unpaired) electrons. The van der Waals surface area contributed by atoms with E-state index in [4.69, 9.17) is 0 Å². The van der Waals surface area contributed by atoms with E-state index in [1.54, 1.807) is 23.1 Å². The molecule has 24 heavy (non-hydrogen) atoms. The van der Waals surface area contributed by atoms with Crippen molar-refractivity contribution in [1.82, 2.24) is 30.5 Å². The van der Waals surface area contributed by atoms with Crippen molar-refractivity contribution < 1.29 is 4.79 Å². The van der Waals surface area contributed by atoms with Gasteiger partial charge in [-0.3, -0.25) is 4.79 Å². The molecule has 0 spiro atoms. The maximum atomic E-state index is 11.9. The second-order valence-corrected chi connectivity index (χ2v) is 6.96. The normalized spacial score (nSPS) is 10.7. The number of nitrogens with one attached hydrogen (secondary N) is 1. The Bertz CT molecular complexity index is 801. The predicted molar refractivity (Wildman–Crippen MR) is 93.5 cm³/mol. The molecule has 7 nitrogen and oxygen atoms in total. The number of carbonyl (C=O) groups excluding carboxylic acids is 1. The third kappa shape index (κ3) is 4.39. The molecule has 0 aliphatic carbocycles. The summed E-state index contributed by atoms with van der Waals surface area (Å²) in [7, 11) is 1.77. The van der Waals surface area contributed by atoms with Crippen LogP contribution in [0.15, 0.2) is 40.9 Å². The van der Waals surface area contributed by atoms with Crippen molar-refractivity contribution in [2.45, 2.75) is 18.1 Å². The highest BCUT2D eigenvalue weighted by Gasteiger charge is 2.08. The van der Waals surface area contributed by atoms with Crippen molar-refractivity contribution in [1.29, 1.82) is 0 Å². The predicted octanol–water partition coefficient (Wildman–Crippen LogP) is 2.13. The van der Waals surface area contributed by atoms with Crippen LogP contribution < -0.4 is 5.32 Å². The van der Waals surface area contributed by atoms with Crippen molar-refractivity contribution in [3.63, 3.8) is 0 Å². The topological polar surface area (TPSA) is 85.6 Å². The number of rotatable bonds is 7. The largest absolute Gasteiger partial charge is 0.350 e. The molecule has 3 aromatic rings. The summed E-state index contributed by atoms with van der Waals surface area (Å²) in [5, 5.41) is 17.7. The zero-order valence-electron chi connectivity index (χ0n) is 13.0. The van der Waals surface area contributed by atoms with Crippen LogP contribution in [0, 0.1) is 0 Å². The van der Waals surface area contributed by atoms with Gasteiger partial charge in [0.25, 0.3) is 0 Å². The van der Waals surface area contributed by atoms with Gasteiger partial charge in [-0.25, -0.2) is 9.67 Å². The lowest BCUT2D eigenvalue weighted by Crippen LogP contribution is -2.23.